The van der Waals surface area contributed by atoms with Gasteiger partial charge in [0.2, 0.25) is 0 Å². The first-order chi connectivity index (χ1) is 13.8. The summed E-state index contributed by atoms with van der Waals surface area (Å²) in [5.74, 6) is 0.910. The molecule has 0 aliphatic carbocycles. The molecule has 0 fully saturated rings. The SMILES string of the molecule is CC(C)c1cc(C(=O)NCCCOc2cccc3cccnc23)nn1C(C)(C)C. The Labute approximate surface area is 172 Å². The molecule has 2 aromatic heterocycles. The number of fused-ring (bicyclic) bond motifs is 1. The maximum atomic E-state index is 12.5. The first-order valence-corrected chi connectivity index (χ1v) is 10.1. The number of carbonyl (C=O) groups excluding carboxylic acids is 1. The van der Waals surface area contributed by atoms with Gasteiger partial charge in [-0.2, -0.15) is 5.10 Å². The molecule has 0 bridgehead atoms. The van der Waals surface area contributed by atoms with Gasteiger partial charge in [0.25, 0.3) is 5.91 Å². The van der Waals surface area contributed by atoms with Gasteiger partial charge in [-0.3, -0.25) is 14.5 Å². The van der Waals surface area contributed by atoms with Crippen LogP contribution in [0.1, 0.15) is 63.1 Å². The highest BCUT2D eigenvalue weighted by molar-refractivity contribution is 5.92. The second-order valence-electron chi connectivity index (χ2n) is 8.48. The van der Waals surface area contributed by atoms with Crippen molar-refractivity contribution in [3.05, 3.63) is 54.0 Å². The molecule has 1 aromatic carbocycles. The van der Waals surface area contributed by atoms with Gasteiger partial charge in [0.05, 0.1) is 12.1 Å². The Kier molecular flexibility index (Phi) is 6.20. The molecule has 0 saturated carbocycles. The lowest BCUT2D eigenvalue weighted by atomic mass is 10.1. The lowest BCUT2D eigenvalue weighted by Crippen LogP contribution is -2.28. The second kappa shape index (κ2) is 8.64. The molecule has 1 amide bonds. The highest BCUT2D eigenvalue weighted by atomic mass is 16.5. The summed E-state index contributed by atoms with van der Waals surface area (Å²) in [6.07, 6.45) is 2.46. The molecule has 0 aliphatic rings. The van der Waals surface area contributed by atoms with E-state index in [2.05, 4.69) is 50.0 Å². The van der Waals surface area contributed by atoms with Crippen LogP contribution in [0.2, 0.25) is 0 Å². The molecule has 154 valence electrons. The van der Waals surface area contributed by atoms with Gasteiger partial charge >= 0.3 is 0 Å². The van der Waals surface area contributed by atoms with Crippen LogP contribution in [0.25, 0.3) is 10.9 Å². The number of hydrogen-bond acceptors (Lipinski definition) is 4. The van der Waals surface area contributed by atoms with E-state index in [0.717, 1.165) is 22.3 Å². The minimum atomic E-state index is -0.168. The number of benzene rings is 1. The van der Waals surface area contributed by atoms with Crippen LogP contribution in [0.5, 0.6) is 5.75 Å². The zero-order chi connectivity index (χ0) is 21.0. The maximum Gasteiger partial charge on any atom is 0.271 e. The minimum absolute atomic E-state index is 0.151. The fraction of sp³-hybridized carbons (Fsp3) is 0.435. The van der Waals surface area contributed by atoms with Crippen molar-refractivity contribution < 1.29 is 9.53 Å². The zero-order valence-electron chi connectivity index (χ0n) is 17.9. The summed E-state index contributed by atoms with van der Waals surface area (Å²) in [4.78, 5) is 16.9. The molecule has 0 radical (unpaired) electrons. The van der Waals surface area contributed by atoms with Crippen molar-refractivity contribution in [2.45, 2.75) is 52.5 Å². The Hall–Kier alpha value is -2.89. The summed E-state index contributed by atoms with van der Waals surface area (Å²) in [6, 6.07) is 11.7. The monoisotopic (exact) mass is 394 g/mol. The molecule has 1 N–H and O–H groups in total. The standard InChI is InChI=1S/C23H30N4O2/c1-16(2)19-15-18(26-27(19)23(3,4)5)22(28)25-13-8-14-29-20-11-6-9-17-10-7-12-24-21(17)20/h6-7,9-12,15-16H,8,13-14H2,1-5H3,(H,25,28). The van der Waals surface area contributed by atoms with Gasteiger partial charge in [-0.25, -0.2) is 0 Å². The van der Waals surface area contributed by atoms with E-state index in [1.54, 1.807) is 6.20 Å². The van der Waals surface area contributed by atoms with Crippen LogP contribution in [0.15, 0.2) is 42.6 Å². The Morgan fingerprint density at radius 1 is 1.21 bits per heavy atom. The summed E-state index contributed by atoms with van der Waals surface area (Å²) < 4.78 is 7.82. The largest absolute Gasteiger partial charge is 0.491 e. The predicted octanol–water partition coefficient (Wildman–Crippen LogP) is 4.51. The van der Waals surface area contributed by atoms with E-state index in [0.29, 0.717) is 31.2 Å². The van der Waals surface area contributed by atoms with Gasteiger partial charge in [0.1, 0.15) is 17.0 Å². The van der Waals surface area contributed by atoms with Crippen LogP contribution in [0.3, 0.4) is 0 Å². The molecule has 2 heterocycles. The normalized spacial score (nSPS) is 11.8. The Bertz CT molecular complexity index is 981. The molecule has 0 spiro atoms. The number of aromatic nitrogens is 3. The van der Waals surface area contributed by atoms with E-state index < -0.39 is 0 Å². The number of amides is 1. The summed E-state index contributed by atoms with van der Waals surface area (Å²) in [5.41, 5.74) is 2.21. The molecule has 3 aromatic rings. The van der Waals surface area contributed by atoms with E-state index in [-0.39, 0.29) is 11.4 Å². The zero-order valence-corrected chi connectivity index (χ0v) is 17.9. The molecule has 29 heavy (non-hydrogen) atoms. The number of para-hydroxylation sites is 1. The fourth-order valence-corrected chi connectivity index (χ4v) is 3.19. The van der Waals surface area contributed by atoms with Gasteiger partial charge in [-0.1, -0.05) is 32.0 Å². The third-order valence-corrected chi connectivity index (χ3v) is 4.66. The van der Waals surface area contributed by atoms with E-state index >= 15 is 0 Å². The molecule has 0 saturated heterocycles. The molecular formula is C23H30N4O2. The summed E-state index contributed by atoms with van der Waals surface area (Å²) in [5, 5.41) is 8.54. The average Bonchev–Trinajstić information content (AvgIpc) is 3.14. The highest BCUT2D eigenvalue weighted by Crippen LogP contribution is 2.24. The highest BCUT2D eigenvalue weighted by Gasteiger charge is 2.23. The first-order valence-electron chi connectivity index (χ1n) is 10.1. The van der Waals surface area contributed by atoms with Crippen LogP contribution in [0, 0.1) is 0 Å². The van der Waals surface area contributed by atoms with Gasteiger partial charge < -0.3 is 10.1 Å². The van der Waals surface area contributed by atoms with Gasteiger partial charge in [-0.05, 0) is 51.3 Å². The third kappa shape index (κ3) is 4.94. The lowest BCUT2D eigenvalue weighted by Gasteiger charge is -2.23. The van der Waals surface area contributed by atoms with Crippen LogP contribution in [-0.2, 0) is 5.54 Å². The molecule has 0 unspecified atom stereocenters. The molecule has 6 nitrogen and oxygen atoms in total. The number of nitrogens with one attached hydrogen (secondary N) is 1. The van der Waals surface area contributed by atoms with E-state index in [9.17, 15) is 4.79 Å². The Morgan fingerprint density at radius 3 is 2.66 bits per heavy atom. The predicted molar refractivity (Wildman–Crippen MR) is 116 cm³/mol. The van der Waals surface area contributed by atoms with Crippen molar-refractivity contribution in [2.75, 3.05) is 13.2 Å². The Balaban J connectivity index is 1.54. The lowest BCUT2D eigenvalue weighted by molar-refractivity contribution is 0.0945. The van der Waals surface area contributed by atoms with E-state index in [4.69, 9.17) is 4.74 Å². The molecule has 3 rings (SSSR count). The Morgan fingerprint density at radius 2 is 1.97 bits per heavy atom. The molecule has 0 atom stereocenters. The van der Waals surface area contributed by atoms with Crippen molar-refractivity contribution in [2.24, 2.45) is 0 Å². The number of hydrogen-bond donors (Lipinski definition) is 1. The van der Waals surface area contributed by atoms with Gasteiger partial charge in [0, 0.05) is 23.8 Å². The van der Waals surface area contributed by atoms with Crippen molar-refractivity contribution >= 4 is 16.8 Å². The molecular weight excluding hydrogens is 364 g/mol. The summed E-state index contributed by atoms with van der Waals surface area (Å²) >= 11 is 0. The van der Waals surface area contributed by atoms with Crippen LogP contribution < -0.4 is 10.1 Å². The first kappa shape index (κ1) is 20.8. The quantitative estimate of drug-likeness (QED) is 0.599. The fourth-order valence-electron chi connectivity index (χ4n) is 3.19. The number of pyridine rings is 1. The molecule has 6 heteroatoms. The van der Waals surface area contributed by atoms with E-state index in [1.807, 2.05) is 41.1 Å². The summed E-state index contributed by atoms with van der Waals surface area (Å²) in [6.45, 7) is 11.5. The second-order valence-corrected chi connectivity index (χ2v) is 8.48. The van der Waals surface area contributed by atoms with Crippen LogP contribution in [-0.4, -0.2) is 33.8 Å². The number of carbonyl (C=O) groups is 1. The molecule has 0 aliphatic heterocycles. The van der Waals surface area contributed by atoms with E-state index in [1.165, 1.54) is 0 Å². The summed E-state index contributed by atoms with van der Waals surface area (Å²) in [7, 11) is 0. The third-order valence-electron chi connectivity index (χ3n) is 4.66. The van der Waals surface area contributed by atoms with Crippen LogP contribution in [0.4, 0.5) is 0 Å². The van der Waals surface area contributed by atoms with Crippen molar-refractivity contribution in [1.82, 2.24) is 20.1 Å². The number of ether oxygens (including phenoxy) is 1. The van der Waals surface area contributed by atoms with Crippen molar-refractivity contribution in [3.8, 4) is 5.75 Å². The van der Waals surface area contributed by atoms with Crippen molar-refractivity contribution in [3.63, 3.8) is 0 Å². The topological polar surface area (TPSA) is 69.0 Å². The van der Waals surface area contributed by atoms with Gasteiger partial charge in [-0.15, -0.1) is 0 Å². The average molecular weight is 395 g/mol. The van der Waals surface area contributed by atoms with Gasteiger partial charge in [0.15, 0.2) is 0 Å². The minimum Gasteiger partial charge on any atom is -0.491 e. The maximum absolute atomic E-state index is 12.5. The van der Waals surface area contributed by atoms with Crippen molar-refractivity contribution in [1.29, 1.82) is 0 Å². The van der Waals surface area contributed by atoms with Crippen LogP contribution >= 0.6 is 0 Å². The number of rotatable bonds is 7. The smallest absolute Gasteiger partial charge is 0.271 e. The number of nitrogens with zero attached hydrogens (tertiary/aromatic N) is 3.